The van der Waals surface area contributed by atoms with Crippen molar-refractivity contribution < 1.29 is 8.78 Å². The van der Waals surface area contributed by atoms with E-state index in [0.717, 1.165) is 31.9 Å². The molecule has 2 aromatic carbocycles. The minimum absolute atomic E-state index is 0.0730. The van der Waals surface area contributed by atoms with E-state index in [4.69, 9.17) is 5.73 Å². The highest BCUT2D eigenvalue weighted by molar-refractivity contribution is 5.88. The van der Waals surface area contributed by atoms with E-state index in [1.54, 1.807) is 19.1 Å². The molecule has 9 heteroatoms. The first-order valence-corrected chi connectivity index (χ1v) is 12.0. The number of benzene rings is 2. The molecule has 1 fully saturated rings. The van der Waals surface area contributed by atoms with Gasteiger partial charge in [0, 0.05) is 49.0 Å². The maximum atomic E-state index is 14.9. The number of H-pyrrole nitrogens is 1. The van der Waals surface area contributed by atoms with Crippen LogP contribution in [-0.2, 0) is 0 Å². The fourth-order valence-corrected chi connectivity index (χ4v) is 4.78. The van der Waals surface area contributed by atoms with Crippen molar-refractivity contribution in [3.63, 3.8) is 0 Å². The SMILES string of the molecule is Cc1nc2cc(-c3cc(-c4ccc(N5CCN(C(C)C)CC5)cc4)c(F)nc3N)cc(F)c2c(=O)[nH]1. The lowest BCUT2D eigenvalue weighted by atomic mass is 9.99. The number of nitrogen functional groups attached to an aromatic ring is 1. The van der Waals surface area contributed by atoms with Crippen LogP contribution in [-0.4, -0.2) is 52.1 Å². The molecule has 3 heterocycles. The minimum atomic E-state index is -0.733. The highest BCUT2D eigenvalue weighted by Crippen LogP contribution is 2.34. The van der Waals surface area contributed by atoms with Gasteiger partial charge in [-0.3, -0.25) is 9.69 Å². The molecular formula is C27H28F2N6O. The van der Waals surface area contributed by atoms with Gasteiger partial charge in [0.05, 0.1) is 5.52 Å². The molecule has 0 radical (unpaired) electrons. The van der Waals surface area contributed by atoms with Crippen molar-refractivity contribution in [2.45, 2.75) is 26.8 Å². The zero-order valence-corrected chi connectivity index (χ0v) is 20.5. The molecule has 0 saturated carbocycles. The van der Waals surface area contributed by atoms with Gasteiger partial charge in [-0.15, -0.1) is 0 Å². The summed E-state index contributed by atoms with van der Waals surface area (Å²) < 4.78 is 29.8. The third-order valence-electron chi connectivity index (χ3n) is 6.78. The molecule has 186 valence electrons. The summed E-state index contributed by atoms with van der Waals surface area (Å²) in [4.78, 5) is 27.6. The number of fused-ring (bicyclic) bond motifs is 1. The van der Waals surface area contributed by atoms with Gasteiger partial charge in [-0.05, 0) is 62.2 Å². The Hall–Kier alpha value is -3.85. The van der Waals surface area contributed by atoms with Crippen LogP contribution in [0.5, 0.6) is 0 Å². The van der Waals surface area contributed by atoms with Gasteiger partial charge in [0.15, 0.2) is 0 Å². The second-order valence-electron chi connectivity index (χ2n) is 9.43. The average Bonchev–Trinajstić information content (AvgIpc) is 2.83. The maximum Gasteiger partial charge on any atom is 0.261 e. The summed E-state index contributed by atoms with van der Waals surface area (Å²) in [5.41, 5.74) is 8.37. The number of anilines is 2. The van der Waals surface area contributed by atoms with Gasteiger partial charge >= 0.3 is 0 Å². The lowest BCUT2D eigenvalue weighted by Gasteiger charge is -2.38. The monoisotopic (exact) mass is 490 g/mol. The summed E-state index contributed by atoms with van der Waals surface area (Å²) >= 11 is 0. The fourth-order valence-electron chi connectivity index (χ4n) is 4.78. The normalized spacial score (nSPS) is 14.7. The molecule has 0 bridgehead atoms. The van der Waals surface area contributed by atoms with E-state index in [1.165, 1.54) is 6.07 Å². The maximum absolute atomic E-state index is 14.9. The lowest BCUT2D eigenvalue weighted by molar-refractivity contribution is 0.209. The largest absolute Gasteiger partial charge is 0.383 e. The number of pyridine rings is 1. The zero-order chi connectivity index (χ0) is 25.6. The zero-order valence-electron chi connectivity index (χ0n) is 20.5. The first kappa shape index (κ1) is 23.9. The summed E-state index contributed by atoms with van der Waals surface area (Å²) in [5.74, 6) is -1.15. The Bertz CT molecular complexity index is 1490. The Kier molecular flexibility index (Phi) is 6.17. The predicted octanol–water partition coefficient (Wildman–Crippen LogP) is 4.35. The molecule has 4 aromatic rings. The van der Waals surface area contributed by atoms with Crippen LogP contribution in [0.15, 0.2) is 47.3 Å². The molecule has 0 amide bonds. The number of nitrogens with two attached hydrogens (primary N) is 1. The number of hydrogen-bond donors (Lipinski definition) is 2. The molecular weight excluding hydrogens is 462 g/mol. The van der Waals surface area contributed by atoms with Crippen LogP contribution in [0.25, 0.3) is 33.2 Å². The molecule has 1 aliphatic rings. The minimum Gasteiger partial charge on any atom is -0.383 e. The van der Waals surface area contributed by atoms with Gasteiger partial charge in [0.2, 0.25) is 5.95 Å². The molecule has 0 spiro atoms. The quantitative estimate of drug-likeness (QED) is 0.414. The highest BCUT2D eigenvalue weighted by Gasteiger charge is 2.20. The number of aromatic amines is 1. The smallest absolute Gasteiger partial charge is 0.261 e. The summed E-state index contributed by atoms with van der Waals surface area (Å²) in [6.07, 6.45) is 0. The average molecular weight is 491 g/mol. The third-order valence-corrected chi connectivity index (χ3v) is 6.78. The molecule has 0 unspecified atom stereocenters. The molecule has 5 rings (SSSR count). The first-order chi connectivity index (χ1) is 17.2. The van der Waals surface area contributed by atoms with E-state index >= 15 is 0 Å². The Balaban J connectivity index is 1.49. The van der Waals surface area contributed by atoms with E-state index in [2.05, 4.69) is 38.6 Å². The van der Waals surface area contributed by atoms with Crippen molar-refractivity contribution in [1.82, 2.24) is 19.9 Å². The first-order valence-electron chi connectivity index (χ1n) is 12.0. The van der Waals surface area contributed by atoms with Crippen molar-refractivity contribution in [3.8, 4) is 22.3 Å². The van der Waals surface area contributed by atoms with Crippen LogP contribution in [0.4, 0.5) is 20.3 Å². The van der Waals surface area contributed by atoms with Crippen molar-refractivity contribution in [1.29, 1.82) is 0 Å². The molecule has 3 N–H and O–H groups in total. The van der Waals surface area contributed by atoms with Crippen molar-refractivity contribution in [2.24, 2.45) is 0 Å². The third kappa shape index (κ3) is 4.42. The van der Waals surface area contributed by atoms with Crippen LogP contribution >= 0.6 is 0 Å². The number of aryl methyl sites for hydroxylation is 1. The predicted molar refractivity (Wildman–Crippen MR) is 139 cm³/mol. The van der Waals surface area contributed by atoms with Crippen molar-refractivity contribution in [3.05, 3.63) is 70.4 Å². The standard InChI is InChI=1S/C27H28F2N6O/c1-15(2)34-8-10-35(11-9-34)19-6-4-17(5-7-19)20-14-21(26(30)33-25(20)29)18-12-22(28)24-23(13-18)31-16(3)32-27(24)36/h4-7,12-15H,8-11H2,1-3H3,(H2,30,33)(H,31,32,36). The summed E-state index contributed by atoms with van der Waals surface area (Å²) in [5, 5.41) is -0.136. The highest BCUT2D eigenvalue weighted by atomic mass is 19.1. The van der Waals surface area contributed by atoms with E-state index in [0.29, 0.717) is 28.6 Å². The van der Waals surface area contributed by atoms with Crippen molar-refractivity contribution >= 4 is 22.4 Å². The van der Waals surface area contributed by atoms with Gasteiger partial charge in [-0.1, -0.05) is 12.1 Å². The fraction of sp³-hybridized carbons (Fsp3) is 0.296. The Labute approximate surface area is 207 Å². The second-order valence-corrected chi connectivity index (χ2v) is 9.43. The lowest BCUT2D eigenvalue weighted by Crippen LogP contribution is -2.48. The van der Waals surface area contributed by atoms with Gasteiger partial charge in [-0.2, -0.15) is 4.39 Å². The number of nitrogens with zero attached hydrogens (tertiary/aromatic N) is 4. The molecule has 2 aromatic heterocycles. The van der Waals surface area contributed by atoms with Gasteiger partial charge in [0.1, 0.15) is 22.8 Å². The van der Waals surface area contributed by atoms with Gasteiger partial charge in [-0.25, -0.2) is 14.4 Å². The van der Waals surface area contributed by atoms with Crippen LogP contribution < -0.4 is 16.2 Å². The van der Waals surface area contributed by atoms with Crippen LogP contribution in [0.2, 0.25) is 0 Å². The Morgan fingerprint density at radius 1 is 0.944 bits per heavy atom. The van der Waals surface area contributed by atoms with E-state index in [9.17, 15) is 13.6 Å². The number of halogens is 2. The summed E-state index contributed by atoms with van der Waals surface area (Å²) in [6, 6.07) is 12.5. The van der Waals surface area contributed by atoms with E-state index in [1.807, 2.05) is 24.3 Å². The van der Waals surface area contributed by atoms with Gasteiger partial charge < -0.3 is 15.6 Å². The molecule has 1 saturated heterocycles. The molecule has 0 atom stereocenters. The van der Waals surface area contributed by atoms with Crippen molar-refractivity contribution in [2.75, 3.05) is 36.8 Å². The second kappa shape index (κ2) is 9.31. The molecule has 7 nitrogen and oxygen atoms in total. The molecule has 0 aliphatic carbocycles. The number of aromatic nitrogens is 3. The topological polar surface area (TPSA) is 91.1 Å². The molecule has 36 heavy (non-hydrogen) atoms. The Morgan fingerprint density at radius 2 is 1.64 bits per heavy atom. The van der Waals surface area contributed by atoms with Gasteiger partial charge in [0.25, 0.3) is 5.56 Å². The number of hydrogen-bond acceptors (Lipinski definition) is 6. The van der Waals surface area contributed by atoms with E-state index < -0.39 is 17.3 Å². The summed E-state index contributed by atoms with van der Waals surface area (Å²) in [6.45, 7) is 9.90. The van der Waals surface area contributed by atoms with Crippen LogP contribution in [0.1, 0.15) is 19.7 Å². The van der Waals surface area contributed by atoms with Crippen LogP contribution in [0.3, 0.4) is 0 Å². The molecule has 1 aliphatic heterocycles. The Morgan fingerprint density at radius 3 is 2.31 bits per heavy atom. The number of nitrogens with one attached hydrogen (secondary N) is 1. The summed E-state index contributed by atoms with van der Waals surface area (Å²) in [7, 11) is 0. The van der Waals surface area contributed by atoms with Crippen LogP contribution in [0, 0.1) is 18.7 Å². The number of rotatable bonds is 4. The number of piperazine rings is 1. The van der Waals surface area contributed by atoms with E-state index in [-0.39, 0.29) is 22.3 Å².